The minimum Gasteiger partial charge on any atom is -0.484 e. The number of unbranched alkanes of at least 4 members (excludes halogenated alkanes) is 1. The first kappa shape index (κ1) is 32.5. The quantitative estimate of drug-likeness (QED) is 0.157. The number of benzene rings is 4. The first-order valence-electron chi connectivity index (χ1n) is 14.0. The summed E-state index contributed by atoms with van der Waals surface area (Å²) in [7, 11) is -3.94. The van der Waals surface area contributed by atoms with Gasteiger partial charge < -0.3 is 15.0 Å². The Balaban J connectivity index is 1.53. The Morgan fingerprint density at radius 2 is 1.57 bits per heavy atom. The molecule has 11 heteroatoms. The SMILES string of the molecule is CCCCNC(=O)C(c1ccccc1)N(Cc1ccc(Cl)cc1)C(=O)COc1ccc(S(=O)(=O)Nc2ccc(F)cc2)cc1. The lowest BCUT2D eigenvalue weighted by Gasteiger charge is -2.31. The molecule has 1 unspecified atom stereocenters. The highest BCUT2D eigenvalue weighted by molar-refractivity contribution is 7.92. The molecule has 0 aliphatic rings. The number of nitrogens with zero attached hydrogens (tertiary/aromatic N) is 1. The topological polar surface area (TPSA) is 105 Å². The maximum Gasteiger partial charge on any atom is 0.261 e. The van der Waals surface area contributed by atoms with Crippen LogP contribution in [0.25, 0.3) is 0 Å². The molecule has 0 heterocycles. The van der Waals surface area contributed by atoms with Gasteiger partial charge in [-0.1, -0.05) is 67.4 Å². The number of carbonyl (C=O) groups excluding carboxylic acids is 2. The lowest BCUT2D eigenvalue weighted by molar-refractivity contribution is -0.143. The Labute approximate surface area is 261 Å². The van der Waals surface area contributed by atoms with E-state index in [1.54, 1.807) is 36.4 Å². The number of carbonyl (C=O) groups is 2. The molecule has 4 aromatic rings. The van der Waals surface area contributed by atoms with E-state index in [1.807, 2.05) is 25.1 Å². The second kappa shape index (κ2) is 15.4. The van der Waals surface area contributed by atoms with Crippen molar-refractivity contribution in [2.24, 2.45) is 0 Å². The second-order valence-electron chi connectivity index (χ2n) is 9.98. The Bertz CT molecular complexity index is 1640. The number of hydrogen-bond acceptors (Lipinski definition) is 5. The van der Waals surface area contributed by atoms with Crippen LogP contribution >= 0.6 is 11.6 Å². The standard InChI is InChI=1S/C33H33ClFN3O5S/c1-2-3-21-36-33(40)32(25-7-5-4-6-8-25)38(22-24-9-11-26(34)12-10-24)31(39)23-43-29-17-19-30(20-18-29)44(41,42)37-28-15-13-27(35)14-16-28/h4-20,32,37H,2-3,21-23H2,1H3,(H,36,40). The molecule has 0 aliphatic heterocycles. The van der Waals surface area contributed by atoms with E-state index in [9.17, 15) is 22.4 Å². The minimum atomic E-state index is -3.94. The Morgan fingerprint density at radius 1 is 0.909 bits per heavy atom. The fraction of sp³-hybridized carbons (Fsp3) is 0.212. The molecular formula is C33H33ClFN3O5S. The smallest absolute Gasteiger partial charge is 0.261 e. The number of halogens is 2. The average molecular weight is 638 g/mol. The van der Waals surface area contributed by atoms with E-state index in [0.717, 1.165) is 30.5 Å². The van der Waals surface area contributed by atoms with Crippen molar-refractivity contribution in [2.45, 2.75) is 37.2 Å². The summed E-state index contributed by atoms with van der Waals surface area (Å²) in [5.74, 6) is -0.985. The predicted molar refractivity (Wildman–Crippen MR) is 168 cm³/mol. The van der Waals surface area contributed by atoms with Gasteiger partial charge in [-0.2, -0.15) is 0 Å². The summed E-state index contributed by atoms with van der Waals surface area (Å²) in [5.41, 5.74) is 1.63. The molecule has 0 fully saturated rings. The van der Waals surface area contributed by atoms with Crippen molar-refractivity contribution in [3.8, 4) is 5.75 Å². The van der Waals surface area contributed by atoms with Crippen LogP contribution in [0.5, 0.6) is 5.75 Å². The summed E-state index contributed by atoms with van der Waals surface area (Å²) in [6.07, 6.45) is 1.70. The monoisotopic (exact) mass is 637 g/mol. The summed E-state index contributed by atoms with van der Waals surface area (Å²) in [4.78, 5) is 28.7. The van der Waals surface area contributed by atoms with Gasteiger partial charge in [-0.25, -0.2) is 12.8 Å². The summed E-state index contributed by atoms with van der Waals surface area (Å²) in [5, 5.41) is 3.50. The van der Waals surface area contributed by atoms with Gasteiger partial charge in [0.05, 0.1) is 4.90 Å². The number of hydrogen-bond donors (Lipinski definition) is 2. The predicted octanol–water partition coefficient (Wildman–Crippen LogP) is 6.35. The fourth-order valence-corrected chi connectivity index (χ4v) is 5.56. The second-order valence-corrected chi connectivity index (χ2v) is 12.1. The van der Waals surface area contributed by atoms with Crippen LogP contribution in [0.2, 0.25) is 5.02 Å². The normalized spacial score (nSPS) is 11.8. The lowest BCUT2D eigenvalue weighted by Crippen LogP contribution is -2.45. The van der Waals surface area contributed by atoms with E-state index in [-0.39, 0.29) is 28.8 Å². The molecular weight excluding hydrogens is 605 g/mol. The van der Waals surface area contributed by atoms with Gasteiger partial charge in [-0.3, -0.25) is 14.3 Å². The zero-order valence-corrected chi connectivity index (χ0v) is 25.7. The van der Waals surface area contributed by atoms with Crippen molar-refractivity contribution in [2.75, 3.05) is 17.9 Å². The molecule has 0 radical (unpaired) electrons. The highest BCUT2D eigenvalue weighted by Gasteiger charge is 2.31. The van der Waals surface area contributed by atoms with Gasteiger partial charge in [0.15, 0.2) is 6.61 Å². The van der Waals surface area contributed by atoms with Crippen LogP contribution in [0.4, 0.5) is 10.1 Å². The van der Waals surface area contributed by atoms with Gasteiger partial charge in [0.1, 0.15) is 17.6 Å². The van der Waals surface area contributed by atoms with Crippen LogP contribution in [0.15, 0.2) is 108 Å². The molecule has 4 rings (SSSR count). The van der Waals surface area contributed by atoms with Crippen molar-refractivity contribution in [1.29, 1.82) is 0 Å². The molecule has 44 heavy (non-hydrogen) atoms. The van der Waals surface area contributed by atoms with Gasteiger partial charge in [0, 0.05) is 23.8 Å². The molecule has 0 saturated heterocycles. The first-order chi connectivity index (χ1) is 21.2. The van der Waals surface area contributed by atoms with Gasteiger partial charge in [0.25, 0.3) is 15.9 Å². The van der Waals surface area contributed by atoms with Crippen molar-refractivity contribution in [3.05, 3.63) is 125 Å². The third kappa shape index (κ3) is 9.05. The van der Waals surface area contributed by atoms with Crippen molar-refractivity contribution < 1.29 is 27.1 Å². The van der Waals surface area contributed by atoms with Crippen LogP contribution in [-0.2, 0) is 26.2 Å². The van der Waals surface area contributed by atoms with Crippen LogP contribution in [0.1, 0.15) is 36.9 Å². The van der Waals surface area contributed by atoms with Crippen molar-refractivity contribution in [3.63, 3.8) is 0 Å². The molecule has 0 bridgehead atoms. The lowest BCUT2D eigenvalue weighted by atomic mass is 10.0. The number of amides is 2. The Hall–Kier alpha value is -4.41. The summed E-state index contributed by atoms with van der Waals surface area (Å²) >= 11 is 6.07. The van der Waals surface area contributed by atoms with Gasteiger partial charge in [0.2, 0.25) is 5.91 Å². The summed E-state index contributed by atoms with van der Waals surface area (Å²) in [6.45, 7) is 2.22. The van der Waals surface area contributed by atoms with E-state index in [4.69, 9.17) is 16.3 Å². The van der Waals surface area contributed by atoms with Gasteiger partial charge in [-0.15, -0.1) is 0 Å². The maximum atomic E-state index is 13.8. The summed E-state index contributed by atoms with van der Waals surface area (Å²) < 4.78 is 46.9. The van der Waals surface area contributed by atoms with Crippen molar-refractivity contribution in [1.82, 2.24) is 10.2 Å². The van der Waals surface area contributed by atoms with Crippen LogP contribution in [0.3, 0.4) is 0 Å². The highest BCUT2D eigenvalue weighted by atomic mass is 35.5. The van der Waals surface area contributed by atoms with Crippen LogP contribution < -0.4 is 14.8 Å². The molecule has 2 N–H and O–H groups in total. The Kier molecular flexibility index (Phi) is 11.3. The van der Waals surface area contributed by atoms with Gasteiger partial charge >= 0.3 is 0 Å². The third-order valence-corrected chi connectivity index (χ3v) is 8.33. The number of ether oxygens (including phenoxy) is 1. The molecule has 0 spiro atoms. The maximum absolute atomic E-state index is 13.8. The highest BCUT2D eigenvalue weighted by Crippen LogP contribution is 2.26. The molecule has 8 nitrogen and oxygen atoms in total. The molecule has 0 saturated carbocycles. The van der Waals surface area contributed by atoms with Crippen LogP contribution in [0, 0.1) is 5.82 Å². The Morgan fingerprint density at radius 3 is 2.20 bits per heavy atom. The minimum absolute atomic E-state index is 0.0437. The zero-order valence-electron chi connectivity index (χ0n) is 24.1. The fourth-order valence-electron chi connectivity index (χ4n) is 4.38. The van der Waals surface area contributed by atoms with Crippen molar-refractivity contribution >= 4 is 39.1 Å². The molecule has 1 atom stereocenters. The molecule has 230 valence electrons. The van der Waals surface area contributed by atoms with E-state index in [2.05, 4.69) is 10.0 Å². The number of rotatable bonds is 14. The molecule has 0 aliphatic carbocycles. The summed E-state index contributed by atoms with van der Waals surface area (Å²) in [6, 6.07) is 25.6. The first-order valence-corrected chi connectivity index (χ1v) is 15.9. The van der Waals surface area contributed by atoms with E-state index >= 15 is 0 Å². The number of nitrogens with one attached hydrogen (secondary N) is 2. The average Bonchev–Trinajstić information content (AvgIpc) is 3.02. The molecule has 2 amide bonds. The number of anilines is 1. The molecule has 4 aromatic carbocycles. The third-order valence-electron chi connectivity index (χ3n) is 6.68. The van der Waals surface area contributed by atoms with E-state index < -0.39 is 34.4 Å². The number of sulfonamides is 1. The molecule has 0 aromatic heterocycles. The zero-order chi connectivity index (χ0) is 31.5. The van der Waals surface area contributed by atoms with Crippen LogP contribution in [-0.4, -0.2) is 38.3 Å². The van der Waals surface area contributed by atoms with Gasteiger partial charge in [-0.05, 0) is 78.2 Å². The largest absolute Gasteiger partial charge is 0.484 e. The van der Waals surface area contributed by atoms with E-state index in [1.165, 1.54) is 41.3 Å². The van der Waals surface area contributed by atoms with E-state index in [0.29, 0.717) is 17.1 Å².